The zero-order chi connectivity index (χ0) is 34.4. The molecule has 0 atom stereocenters. The predicted molar refractivity (Wildman–Crippen MR) is 227 cm³/mol. The zero-order valence-corrected chi connectivity index (χ0v) is 29.8. The standard InChI is InChI=1S/C48H32N2S2/c1-4-14-33(15-5-1)34-26-28-37(29-27-34)50(38-30-31-46-42(32-38)39-20-10-11-25-45(39)51-46)44-24-13-22-41-40-21-12-23-43(47(40)52-48(41)44)49(35-16-6-2-7-17-35)36-18-8-3-9-19-36/h1-32H. The molecule has 0 saturated carbocycles. The largest absolute Gasteiger partial charge is 0.309 e. The summed E-state index contributed by atoms with van der Waals surface area (Å²) in [5.41, 5.74) is 9.30. The van der Waals surface area contributed by atoms with Crippen LogP contribution in [0.1, 0.15) is 0 Å². The fraction of sp³-hybridized carbons (Fsp3) is 0. The number of nitrogens with zero attached hydrogens (tertiary/aromatic N) is 2. The summed E-state index contributed by atoms with van der Waals surface area (Å²) in [6.07, 6.45) is 0. The van der Waals surface area contributed by atoms with E-state index in [0.29, 0.717) is 0 Å². The van der Waals surface area contributed by atoms with E-state index in [1.54, 1.807) is 0 Å². The van der Waals surface area contributed by atoms with Crippen LogP contribution < -0.4 is 9.80 Å². The van der Waals surface area contributed by atoms with Crippen LogP contribution in [-0.2, 0) is 0 Å². The average Bonchev–Trinajstić information content (AvgIpc) is 3.79. The summed E-state index contributed by atoms with van der Waals surface area (Å²) in [5, 5.41) is 5.11. The predicted octanol–water partition coefficient (Wildman–Crippen LogP) is 15.0. The van der Waals surface area contributed by atoms with Crippen LogP contribution in [0.2, 0.25) is 0 Å². The lowest BCUT2D eigenvalue weighted by Gasteiger charge is -2.26. The van der Waals surface area contributed by atoms with Crippen molar-refractivity contribution in [1.29, 1.82) is 0 Å². The van der Waals surface area contributed by atoms with E-state index in [2.05, 4.69) is 204 Å². The van der Waals surface area contributed by atoms with E-state index in [0.717, 1.165) is 22.7 Å². The molecule has 0 spiro atoms. The monoisotopic (exact) mass is 700 g/mol. The van der Waals surface area contributed by atoms with Crippen molar-refractivity contribution in [3.05, 3.63) is 194 Å². The maximum Gasteiger partial charge on any atom is 0.0640 e. The number of rotatable bonds is 7. The Morgan fingerprint density at radius 3 is 1.38 bits per heavy atom. The molecule has 246 valence electrons. The molecule has 0 unspecified atom stereocenters. The minimum Gasteiger partial charge on any atom is -0.309 e. The molecular weight excluding hydrogens is 669 g/mol. The lowest BCUT2D eigenvalue weighted by molar-refractivity contribution is 1.30. The normalized spacial score (nSPS) is 11.5. The van der Waals surface area contributed by atoms with Gasteiger partial charge in [-0.05, 0) is 83.9 Å². The van der Waals surface area contributed by atoms with E-state index in [1.165, 1.54) is 62.8 Å². The van der Waals surface area contributed by atoms with Crippen LogP contribution in [0.15, 0.2) is 194 Å². The van der Waals surface area contributed by atoms with Gasteiger partial charge in [0.05, 0.1) is 20.8 Å². The third kappa shape index (κ3) is 5.24. The van der Waals surface area contributed by atoms with Crippen molar-refractivity contribution in [3.8, 4) is 11.1 Å². The second-order valence-electron chi connectivity index (χ2n) is 12.9. The number of para-hydroxylation sites is 2. The summed E-state index contributed by atoms with van der Waals surface area (Å²) in [4.78, 5) is 4.83. The van der Waals surface area contributed by atoms with Gasteiger partial charge in [-0.15, -0.1) is 22.7 Å². The Morgan fingerprint density at radius 1 is 0.288 bits per heavy atom. The first-order chi connectivity index (χ1) is 25.8. The first-order valence-corrected chi connectivity index (χ1v) is 19.1. The third-order valence-electron chi connectivity index (χ3n) is 9.84. The van der Waals surface area contributed by atoms with Crippen LogP contribution in [0.4, 0.5) is 34.1 Å². The van der Waals surface area contributed by atoms with Gasteiger partial charge in [-0.2, -0.15) is 0 Å². The summed E-state index contributed by atoms with van der Waals surface area (Å²) in [6.45, 7) is 0. The quantitative estimate of drug-likeness (QED) is 0.163. The molecule has 0 bridgehead atoms. The van der Waals surface area contributed by atoms with Crippen LogP contribution in [0, 0.1) is 0 Å². The Morgan fingerprint density at radius 2 is 0.750 bits per heavy atom. The Balaban J connectivity index is 1.20. The van der Waals surface area contributed by atoms with Crippen LogP contribution in [-0.4, -0.2) is 0 Å². The molecule has 2 aromatic heterocycles. The topological polar surface area (TPSA) is 6.48 Å². The Kier molecular flexibility index (Phi) is 7.56. The molecule has 0 aliphatic carbocycles. The first kappa shape index (κ1) is 30.6. The third-order valence-corrected chi connectivity index (χ3v) is 12.3. The van der Waals surface area contributed by atoms with Crippen molar-refractivity contribution >= 4 is 97.1 Å². The van der Waals surface area contributed by atoms with Crippen molar-refractivity contribution in [2.45, 2.75) is 0 Å². The molecule has 0 N–H and O–H groups in total. The van der Waals surface area contributed by atoms with E-state index in [1.807, 2.05) is 22.7 Å². The molecule has 2 nitrogen and oxygen atoms in total. The number of benzene rings is 8. The lowest BCUT2D eigenvalue weighted by atomic mass is 10.0. The number of hydrogen-bond donors (Lipinski definition) is 0. The number of thiophene rings is 2. The highest BCUT2D eigenvalue weighted by molar-refractivity contribution is 7.27. The fourth-order valence-electron chi connectivity index (χ4n) is 7.44. The lowest BCUT2D eigenvalue weighted by Crippen LogP contribution is -2.10. The van der Waals surface area contributed by atoms with Crippen LogP contribution in [0.5, 0.6) is 0 Å². The molecular formula is C48H32N2S2. The van der Waals surface area contributed by atoms with Gasteiger partial charge in [0.15, 0.2) is 0 Å². The van der Waals surface area contributed by atoms with Crippen molar-refractivity contribution < 1.29 is 0 Å². The fourth-order valence-corrected chi connectivity index (χ4v) is 9.83. The van der Waals surface area contributed by atoms with Gasteiger partial charge in [-0.25, -0.2) is 0 Å². The van der Waals surface area contributed by atoms with E-state index < -0.39 is 0 Å². The van der Waals surface area contributed by atoms with Gasteiger partial charge in [-0.1, -0.05) is 121 Å². The molecule has 8 aromatic carbocycles. The summed E-state index contributed by atoms with van der Waals surface area (Å²) in [5.74, 6) is 0. The highest BCUT2D eigenvalue weighted by Crippen LogP contribution is 2.50. The van der Waals surface area contributed by atoms with Gasteiger partial charge >= 0.3 is 0 Å². The average molecular weight is 701 g/mol. The highest BCUT2D eigenvalue weighted by Gasteiger charge is 2.22. The molecule has 0 saturated heterocycles. The molecule has 4 heteroatoms. The first-order valence-electron chi connectivity index (χ1n) is 17.5. The number of hydrogen-bond acceptors (Lipinski definition) is 4. The second-order valence-corrected chi connectivity index (χ2v) is 15.0. The maximum absolute atomic E-state index is 2.45. The van der Waals surface area contributed by atoms with Crippen molar-refractivity contribution in [3.63, 3.8) is 0 Å². The molecule has 52 heavy (non-hydrogen) atoms. The smallest absolute Gasteiger partial charge is 0.0640 e. The van der Waals surface area contributed by atoms with Gasteiger partial charge < -0.3 is 9.80 Å². The minimum atomic E-state index is 1.12. The molecule has 0 aliphatic heterocycles. The van der Waals surface area contributed by atoms with E-state index >= 15 is 0 Å². The highest BCUT2D eigenvalue weighted by atomic mass is 32.1. The summed E-state index contributed by atoms with van der Waals surface area (Å²) < 4.78 is 5.13. The Bertz CT molecular complexity index is 2800. The zero-order valence-electron chi connectivity index (χ0n) is 28.2. The molecule has 10 rings (SSSR count). The number of anilines is 6. The van der Waals surface area contributed by atoms with Crippen molar-refractivity contribution in [2.75, 3.05) is 9.80 Å². The van der Waals surface area contributed by atoms with Gasteiger partial charge in [0.25, 0.3) is 0 Å². The van der Waals surface area contributed by atoms with Crippen molar-refractivity contribution in [2.24, 2.45) is 0 Å². The van der Waals surface area contributed by atoms with E-state index in [4.69, 9.17) is 0 Å². The molecule has 0 fully saturated rings. The molecule has 0 radical (unpaired) electrons. The van der Waals surface area contributed by atoms with Gasteiger partial charge in [-0.3, -0.25) is 0 Å². The van der Waals surface area contributed by atoms with Crippen LogP contribution >= 0.6 is 22.7 Å². The Hall–Kier alpha value is -6.20. The second kappa shape index (κ2) is 12.8. The molecule has 10 aromatic rings. The van der Waals surface area contributed by atoms with E-state index in [9.17, 15) is 0 Å². The van der Waals surface area contributed by atoms with Gasteiger partial charge in [0.1, 0.15) is 0 Å². The van der Waals surface area contributed by atoms with Crippen LogP contribution in [0.25, 0.3) is 51.5 Å². The van der Waals surface area contributed by atoms with Crippen LogP contribution in [0.3, 0.4) is 0 Å². The summed E-state index contributed by atoms with van der Waals surface area (Å²) in [6, 6.07) is 70.2. The summed E-state index contributed by atoms with van der Waals surface area (Å²) in [7, 11) is 0. The van der Waals surface area contributed by atoms with Gasteiger partial charge in [0.2, 0.25) is 0 Å². The van der Waals surface area contributed by atoms with Gasteiger partial charge in [0, 0.05) is 53.7 Å². The van der Waals surface area contributed by atoms with E-state index in [-0.39, 0.29) is 0 Å². The maximum atomic E-state index is 2.45. The molecule has 0 aliphatic rings. The molecule has 0 amide bonds. The minimum absolute atomic E-state index is 1.12. The SMILES string of the molecule is c1ccc(-c2ccc(N(c3ccc4sc5ccccc5c4c3)c3cccc4c3sc3c(N(c5ccccc5)c5ccccc5)cccc34)cc2)cc1. The summed E-state index contributed by atoms with van der Waals surface area (Å²) >= 11 is 3.74. The molecule has 2 heterocycles. The number of fused-ring (bicyclic) bond motifs is 6. The Labute approximate surface area is 310 Å². The van der Waals surface area contributed by atoms with Crippen molar-refractivity contribution in [1.82, 2.24) is 0 Å².